The number of aliphatic hydroxyl groups is 2. The number of ether oxygens (including phenoxy) is 2. The van der Waals surface area contributed by atoms with Gasteiger partial charge >= 0.3 is 0 Å². The lowest BCUT2D eigenvalue weighted by Crippen LogP contribution is -2.40. The molecule has 0 saturated carbocycles. The van der Waals surface area contributed by atoms with E-state index >= 15 is 0 Å². The van der Waals surface area contributed by atoms with Crippen molar-refractivity contribution in [1.29, 1.82) is 0 Å². The zero-order valence-corrected chi connectivity index (χ0v) is 37.1. The van der Waals surface area contributed by atoms with E-state index in [9.17, 15) is 38.2 Å². The van der Waals surface area contributed by atoms with Crippen LogP contribution in [0.1, 0.15) is 78.2 Å². The number of nitrogens with one attached hydrogen (secondary N) is 2. The van der Waals surface area contributed by atoms with Gasteiger partial charge in [-0.15, -0.1) is 0 Å². The molecule has 10 rings (SSSR count). The third kappa shape index (κ3) is 8.32. The minimum Gasteiger partial charge on any atom is -0.390 e. The first-order valence-corrected chi connectivity index (χ1v) is 22.3. The summed E-state index contributed by atoms with van der Waals surface area (Å²) in [5.74, 6) is -1.89. The zero-order valence-electron chi connectivity index (χ0n) is 37.1. The number of halogens is 2. The first kappa shape index (κ1) is 44.7. The average Bonchev–Trinajstić information content (AvgIpc) is 4.10. The largest absolute Gasteiger partial charge is 0.390 e. The molecule has 0 radical (unpaired) electrons. The Labute approximate surface area is 387 Å². The third-order valence-electron chi connectivity index (χ3n) is 12.8. The maximum atomic E-state index is 14.9. The second kappa shape index (κ2) is 18.2. The molecular weight excluding hydrogens is 887 g/mol. The maximum absolute atomic E-state index is 14.9. The monoisotopic (exact) mass is 934 g/mol. The fraction of sp³-hybridized carbons (Fsp3) is 0.391. The summed E-state index contributed by atoms with van der Waals surface area (Å²) in [6.07, 6.45) is 1.07. The van der Waals surface area contributed by atoms with Gasteiger partial charge in [0.25, 0.3) is 23.6 Å². The number of fused-ring (bicyclic) bond motifs is 4. The highest BCUT2D eigenvalue weighted by atomic mass is 19.1. The standard InChI is InChI=1S/C46H48F2N12O8/c1-25(61)32(47)22-57-20-27-15-34(36(17-29(27)45(57)65)55-9-12-67-13-10-55)53-44(64)39-40(54-60-8-4-6-50-42(39)60)38-24-56(11-14-68-38)37-18-30-28(21-58(46(30)66)23-33(48)26(2)62)16-35(37)52-43(63)31-19-51-59-7-3-5-49-41(31)59/h3-8,15-19,25-26,32-33,38,61-62H,9-14,20-24H2,1-2H3,(H,52,63)(H,53,64)/t25-,26+,32+,33-,38?/m0/s1. The predicted molar refractivity (Wildman–Crippen MR) is 241 cm³/mol. The van der Waals surface area contributed by atoms with E-state index in [-0.39, 0.29) is 67.7 Å². The highest BCUT2D eigenvalue weighted by Crippen LogP contribution is 2.40. The molecule has 4 aliphatic rings. The summed E-state index contributed by atoms with van der Waals surface area (Å²) in [5.41, 5.74) is 4.71. The van der Waals surface area contributed by atoms with E-state index in [2.05, 4.69) is 25.7 Å². The van der Waals surface area contributed by atoms with Gasteiger partial charge in [-0.1, -0.05) is 0 Å². The summed E-state index contributed by atoms with van der Waals surface area (Å²) in [4.78, 5) is 71.7. The molecule has 4 aliphatic heterocycles. The molecule has 8 heterocycles. The first-order chi connectivity index (χ1) is 32.8. The first-order valence-electron chi connectivity index (χ1n) is 22.3. The number of carbonyl (C=O) groups excluding carboxylic acids is 4. The maximum Gasteiger partial charge on any atom is 0.261 e. The lowest BCUT2D eigenvalue weighted by atomic mass is 10.0. The smallest absolute Gasteiger partial charge is 0.261 e. The quantitative estimate of drug-likeness (QED) is 0.131. The van der Waals surface area contributed by atoms with Crippen LogP contribution >= 0.6 is 0 Å². The van der Waals surface area contributed by atoms with Gasteiger partial charge in [-0.25, -0.2) is 27.8 Å². The molecule has 0 bridgehead atoms. The predicted octanol–water partition coefficient (Wildman–Crippen LogP) is 3.04. The molecule has 2 fully saturated rings. The second-order valence-corrected chi connectivity index (χ2v) is 17.3. The summed E-state index contributed by atoms with van der Waals surface area (Å²) in [7, 11) is 0. The lowest BCUT2D eigenvalue weighted by Gasteiger charge is -2.35. The van der Waals surface area contributed by atoms with Crippen LogP contribution in [0.15, 0.2) is 67.4 Å². The molecule has 20 nitrogen and oxygen atoms in total. The van der Waals surface area contributed by atoms with E-state index in [1.807, 2.05) is 9.80 Å². The molecule has 0 spiro atoms. The fourth-order valence-electron chi connectivity index (χ4n) is 9.11. The lowest BCUT2D eigenvalue weighted by molar-refractivity contribution is 0.0363. The molecule has 68 heavy (non-hydrogen) atoms. The molecule has 22 heteroatoms. The van der Waals surface area contributed by atoms with Crippen molar-refractivity contribution in [1.82, 2.24) is 39.0 Å². The van der Waals surface area contributed by atoms with Crippen molar-refractivity contribution in [3.05, 3.63) is 106 Å². The number of hydrogen-bond acceptors (Lipinski definition) is 14. The normalized spacial score (nSPS) is 19.1. The number of carbonyl (C=O) groups is 4. The van der Waals surface area contributed by atoms with E-state index in [1.54, 1.807) is 55.0 Å². The van der Waals surface area contributed by atoms with Crippen LogP contribution in [0.25, 0.3) is 11.3 Å². The van der Waals surface area contributed by atoms with Gasteiger partial charge in [-0.2, -0.15) is 10.2 Å². The van der Waals surface area contributed by atoms with E-state index < -0.39 is 48.4 Å². The van der Waals surface area contributed by atoms with Crippen molar-refractivity contribution in [2.45, 2.75) is 57.6 Å². The van der Waals surface area contributed by atoms with Crippen LogP contribution in [0, 0.1) is 0 Å². The van der Waals surface area contributed by atoms with Crippen LogP contribution in [-0.4, -0.2) is 156 Å². The van der Waals surface area contributed by atoms with E-state index in [0.29, 0.717) is 83.5 Å². The van der Waals surface area contributed by atoms with Crippen LogP contribution in [0.2, 0.25) is 0 Å². The highest BCUT2D eigenvalue weighted by molar-refractivity contribution is 6.12. The Morgan fingerprint density at radius 2 is 1.32 bits per heavy atom. The number of rotatable bonds is 13. The SMILES string of the molecule is C[C@H](O)[C@H](F)CN1Cc2cc(NC(=O)c3c(C4CN(c5cc6c(cc5NC(=O)c5cnn7cccnc57)CN(C[C@H](F)[C@@H](C)O)C6=O)CCO4)nn4cccnc34)c(N3CCOCC3)cc2C1=O. The van der Waals surface area contributed by atoms with Gasteiger partial charge < -0.3 is 49.9 Å². The molecule has 4 aromatic heterocycles. The molecule has 0 aliphatic carbocycles. The van der Waals surface area contributed by atoms with Crippen molar-refractivity contribution >= 4 is 57.7 Å². The summed E-state index contributed by atoms with van der Waals surface area (Å²) in [5, 5.41) is 34.9. The Hall–Kier alpha value is -7.14. The van der Waals surface area contributed by atoms with Gasteiger partial charge in [0.1, 0.15) is 35.3 Å². The second-order valence-electron chi connectivity index (χ2n) is 17.3. The van der Waals surface area contributed by atoms with Gasteiger partial charge in [0.15, 0.2) is 11.3 Å². The number of aliphatic hydroxyl groups excluding tert-OH is 2. The minimum absolute atomic E-state index is 0.0499. The number of alkyl halides is 2. The van der Waals surface area contributed by atoms with Gasteiger partial charge in [-0.3, -0.25) is 19.2 Å². The van der Waals surface area contributed by atoms with Crippen LogP contribution in [0.4, 0.5) is 31.5 Å². The number of amides is 4. The number of nitrogens with zero attached hydrogens (tertiary/aromatic N) is 10. The molecular formula is C46H48F2N12O8. The summed E-state index contributed by atoms with van der Waals surface area (Å²) in [6.45, 7) is 4.46. The Balaban J connectivity index is 0.985. The van der Waals surface area contributed by atoms with E-state index in [4.69, 9.17) is 14.6 Å². The number of morpholine rings is 2. The zero-order chi connectivity index (χ0) is 47.4. The molecule has 354 valence electrons. The van der Waals surface area contributed by atoms with Crippen molar-refractivity contribution in [2.75, 3.05) is 79.5 Å². The van der Waals surface area contributed by atoms with E-state index in [1.165, 1.54) is 45.1 Å². The van der Waals surface area contributed by atoms with Gasteiger partial charge in [0.05, 0.1) is 80.6 Å². The minimum atomic E-state index is -1.68. The van der Waals surface area contributed by atoms with Crippen LogP contribution in [0.5, 0.6) is 0 Å². The number of benzene rings is 2. The van der Waals surface area contributed by atoms with Crippen molar-refractivity contribution in [2.24, 2.45) is 0 Å². The van der Waals surface area contributed by atoms with Crippen LogP contribution in [-0.2, 0) is 22.6 Å². The third-order valence-corrected chi connectivity index (χ3v) is 12.8. The molecule has 6 aromatic rings. The molecule has 5 atom stereocenters. The number of hydrogen-bond donors (Lipinski definition) is 4. The van der Waals surface area contributed by atoms with Crippen LogP contribution in [0.3, 0.4) is 0 Å². The summed E-state index contributed by atoms with van der Waals surface area (Å²) >= 11 is 0. The fourth-order valence-corrected chi connectivity index (χ4v) is 9.11. The van der Waals surface area contributed by atoms with Crippen molar-refractivity contribution < 1.29 is 47.6 Å². The van der Waals surface area contributed by atoms with Gasteiger partial charge in [0.2, 0.25) is 0 Å². The highest BCUT2D eigenvalue weighted by Gasteiger charge is 2.37. The molecule has 1 unspecified atom stereocenters. The van der Waals surface area contributed by atoms with Gasteiger partial charge in [0, 0.05) is 68.6 Å². The van der Waals surface area contributed by atoms with Gasteiger partial charge in [-0.05, 0) is 61.4 Å². The van der Waals surface area contributed by atoms with Crippen molar-refractivity contribution in [3.8, 4) is 0 Å². The topological polar surface area (TPSA) is 225 Å². The van der Waals surface area contributed by atoms with Crippen LogP contribution < -0.4 is 20.4 Å². The van der Waals surface area contributed by atoms with E-state index in [0.717, 1.165) is 0 Å². The molecule has 4 N–H and O–H groups in total. The Morgan fingerprint density at radius 3 is 1.94 bits per heavy atom. The Bertz CT molecular complexity index is 2960. The number of aromatic nitrogens is 6. The summed E-state index contributed by atoms with van der Waals surface area (Å²) in [6, 6.07) is 10.1. The average molecular weight is 935 g/mol. The van der Waals surface area contributed by atoms with Crippen molar-refractivity contribution in [3.63, 3.8) is 0 Å². The molecule has 4 amide bonds. The Morgan fingerprint density at radius 1 is 0.765 bits per heavy atom. The molecule has 2 saturated heterocycles. The summed E-state index contributed by atoms with van der Waals surface area (Å²) < 4.78 is 44.4. The molecule has 2 aromatic carbocycles. The number of anilines is 4. The Kier molecular flexibility index (Phi) is 11.9.